The van der Waals surface area contributed by atoms with E-state index in [0.717, 1.165) is 5.56 Å². The van der Waals surface area contributed by atoms with Gasteiger partial charge < -0.3 is 10.6 Å². The number of sulfonamides is 1. The van der Waals surface area contributed by atoms with Crippen molar-refractivity contribution < 1.29 is 13.2 Å². The molecular formula is C19H24ClN3O3S. The normalized spacial score (nSPS) is 11.4. The number of carbonyl (C=O) groups is 1. The second kappa shape index (κ2) is 9.21. The number of halogens is 1. The van der Waals surface area contributed by atoms with E-state index in [-0.39, 0.29) is 17.3 Å². The second-order valence-electron chi connectivity index (χ2n) is 5.98. The van der Waals surface area contributed by atoms with Crippen LogP contribution in [0.15, 0.2) is 47.4 Å². The number of carbonyl (C=O) groups excluding carboxylic acids is 1. The van der Waals surface area contributed by atoms with Crippen LogP contribution in [0, 0.1) is 6.92 Å². The molecule has 0 heterocycles. The first-order valence-corrected chi connectivity index (χ1v) is 10.5. The number of nitrogens with zero attached hydrogens (tertiary/aromatic N) is 1. The minimum Gasteiger partial charge on any atom is -0.376 e. The Labute approximate surface area is 165 Å². The van der Waals surface area contributed by atoms with Gasteiger partial charge in [-0.1, -0.05) is 31.5 Å². The molecule has 146 valence electrons. The molecule has 0 radical (unpaired) electrons. The summed E-state index contributed by atoms with van der Waals surface area (Å²) in [6.07, 6.45) is 0. The van der Waals surface area contributed by atoms with Crippen molar-refractivity contribution >= 4 is 38.9 Å². The summed E-state index contributed by atoms with van der Waals surface area (Å²) in [6, 6.07) is 11.7. The van der Waals surface area contributed by atoms with E-state index >= 15 is 0 Å². The molecule has 0 saturated heterocycles. The molecule has 27 heavy (non-hydrogen) atoms. The maximum Gasteiger partial charge on any atom is 0.243 e. The molecule has 0 atom stereocenters. The van der Waals surface area contributed by atoms with Crippen molar-refractivity contribution in [1.29, 1.82) is 0 Å². The Bertz CT molecular complexity index is 895. The molecule has 1 amide bonds. The topological polar surface area (TPSA) is 78.5 Å². The van der Waals surface area contributed by atoms with E-state index in [4.69, 9.17) is 11.6 Å². The molecule has 0 aliphatic rings. The van der Waals surface area contributed by atoms with Gasteiger partial charge in [-0.2, -0.15) is 4.31 Å². The molecule has 0 unspecified atom stereocenters. The fourth-order valence-corrected chi connectivity index (χ4v) is 4.15. The van der Waals surface area contributed by atoms with E-state index in [9.17, 15) is 13.2 Å². The summed E-state index contributed by atoms with van der Waals surface area (Å²) < 4.78 is 26.3. The Hall–Kier alpha value is -2.09. The third-order valence-electron chi connectivity index (χ3n) is 4.11. The first-order valence-electron chi connectivity index (χ1n) is 8.68. The third-order valence-corrected chi connectivity index (χ3v) is 6.58. The van der Waals surface area contributed by atoms with Gasteiger partial charge in [-0.05, 0) is 48.9 Å². The zero-order valence-electron chi connectivity index (χ0n) is 15.6. The van der Waals surface area contributed by atoms with Crippen molar-refractivity contribution in [3.8, 4) is 0 Å². The van der Waals surface area contributed by atoms with Gasteiger partial charge in [-0.3, -0.25) is 4.79 Å². The lowest BCUT2D eigenvalue weighted by atomic mass is 10.2. The first-order chi connectivity index (χ1) is 12.8. The van der Waals surface area contributed by atoms with Crippen LogP contribution in [0.3, 0.4) is 0 Å². The Kier molecular flexibility index (Phi) is 7.24. The van der Waals surface area contributed by atoms with Crippen molar-refractivity contribution in [2.45, 2.75) is 25.7 Å². The Morgan fingerprint density at radius 3 is 2.19 bits per heavy atom. The van der Waals surface area contributed by atoms with Crippen LogP contribution in [-0.2, 0) is 14.8 Å². The van der Waals surface area contributed by atoms with Gasteiger partial charge in [0.2, 0.25) is 15.9 Å². The molecule has 2 aromatic rings. The molecule has 0 aliphatic carbocycles. The number of benzene rings is 2. The van der Waals surface area contributed by atoms with E-state index in [0.29, 0.717) is 29.5 Å². The van der Waals surface area contributed by atoms with Crippen molar-refractivity contribution in [1.82, 2.24) is 4.31 Å². The molecule has 8 heteroatoms. The third kappa shape index (κ3) is 5.45. The lowest BCUT2D eigenvalue weighted by molar-refractivity contribution is -0.114. The van der Waals surface area contributed by atoms with Crippen molar-refractivity contribution in [3.05, 3.63) is 53.1 Å². The first kappa shape index (κ1) is 21.2. The summed E-state index contributed by atoms with van der Waals surface area (Å²) in [5, 5.41) is 6.32. The zero-order valence-corrected chi connectivity index (χ0v) is 17.2. The summed E-state index contributed by atoms with van der Waals surface area (Å²) in [7, 11) is -3.48. The quantitative estimate of drug-likeness (QED) is 0.696. The van der Waals surface area contributed by atoms with Crippen molar-refractivity contribution in [2.75, 3.05) is 30.3 Å². The van der Waals surface area contributed by atoms with Crippen LogP contribution in [0.1, 0.15) is 19.4 Å². The van der Waals surface area contributed by atoms with Crippen LogP contribution in [0.2, 0.25) is 5.02 Å². The standard InChI is InChI=1S/C19H24ClN3O3S/c1-4-23(5-2)27(25,26)17-10-8-15(9-11-17)21-13-19(24)22-16-7-6-14(3)18(20)12-16/h6-12,21H,4-5,13H2,1-3H3,(H,22,24). The van der Waals surface area contributed by atoms with Gasteiger partial charge in [0.05, 0.1) is 11.4 Å². The van der Waals surface area contributed by atoms with Gasteiger partial charge in [0.25, 0.3) is 0 Å². The molecule has 0 aromatic heterocycles. The Morgan fingerprint density at radius 1 is 1.04 bits per heavy atom. The number of nitrogens with one attached hydrogen (secondary N) is 2. The van der Waals surface area contributed by atoms with E-state index in [2.05, 4.69) is 10.6 Å². The molecule has 6 nitrogen and oxygen atoms in total. The largest absolute Gasteiger partial charge is 0.376 e. The predicted octanol–water partition coefficient (Wildman–Crippen LogP) is 3.73. The number of anilines is 2. The monoisotopic (exact) mass is 409 g/mol. The minimum absolute atomic E-state index is 0.0492. The van der Waals surface area contributed by atoms with Crippen LogP contribution in [0.4, 0.5) is 11.4 Å². The van der Waals surface area contributed by atoms with Crippen LogP contribution >= 0.6 is 11.6 Å². The highest BCUT2D eigenvalue weighted by molar-refractivity contribution is 7.89. The lowest BCUT2D eigenvalue weighted by Crippen LogP contribution is -2.30. The number of amides is 1. The average Bonchev–Trinajstić information content (AvgIpc) is 2.64. The fraction of sp³-hybridized carbons (Fsp3) is 0.316. The van der Waals surface area contributed by atoms with Crippen LogP contribution in [-0.4, -0.2) is 38.3 Å². The molecule has 0 bridgehead atoms. The van der Waals surface area contributed by atoms with Crippen molar-refractivity contribution in [2.24, 2.45) is 0 Å². The predicted molar refractivity (Wildman–Crippen MR) is 110 cm³/mol. The summed E-state index contributed by atoms with van der Waals surface area (Å²) in [5.41, 5.74) is 2.22. The maximum atomic E-state index is 12.5. The highest BCUT2D eigenvalue weighted by Crippen LogP contribution is 2.20. The highest BCUT2D eigenvalue weighted by atomic mass is 35.5. The minimum atomic E-state index is -3.48. The lowest BCUT2D eigenvalue weighted by Gasteiger charge is -2.18. The van der Waals surface area contributed by atoms with E-state index in [1.807, 2.05) is 13.0 Å². The summed E-state index contributed by atoms with van der Waals surface area (Å²) in [5.74, 6) is -0.227. The Morgan fingerprint density at radius 2 is 1.63 bits per heavy atom. The molecular weight excluding hydrogens is 386 g/mol. The summed E-state index contributed by atoms with van der Waals surface area (Å²) in [6.45, 7) is 6.38. The molecule has 0 fully saturated rings. The number of rotatable bonds is 8. The molecule has 2 aromatic carbocycles. The fourth-order valence-electron chi connectivity index (χ4n) is 2.52. The molecule has 0 aliphatic heterocycles. The zero-order chi connectivity index (χ0) is 20.0. The van der Waals surface area contributed by atoms with Gasteiger partial charge in [-0.15, -0.1) is 0 Å². The smallest absolute Gasteiger partial charge is 0.243 e. The van der Waals surface area contributed by atoms with Gasteiger partial charge in [-0.25, -0.2) is 8.42 Å². The number of hydrogen-bond donors (Lipinski definition) is 2. The SMILES string of the molecule is CCN(CC)S(=O)(=O)c1ccc(NCC(=O)Nc2ccc(C)c(Cl)c2)cc1. The number of aryl methyl sites for hydroxylation is 1. The van der Waals surface area contributed by atoms with E-state index in [1.54, 1.807) is 38.1 Å². The van der Waals surface area contributed by atoms with Crippen LogP contribution in [0.5, 0.6) is 0 Å². The summed E-state index contributed by atoms with van der Waals surface area (Å²) in [4.78, 5) is 12.3. The van der Waals surface area contributed by atoms with Gasteiger partial charge in [0.1, 0.15) is 0 Å². The maximum absolute atomic E-state index is 12.5. The molecule has 2 N–H and O–H groups in total. The van der Waals surface area contributed by atoms with Gasteiger partial charge >= 0.3 is 0 Å². The van der Waals surface area contributed by atoms with Gasteiger partial charge in [0.15, 0.2) is 0 Å². The number of hydrogen-bond acceptors (Lipinski definition) is 4. The highest BCUT2D eigenvalue weighted by Gasteiger charge is 2.21. The van der Waals surface area contributed by atoms with E-state index in [1.165, 1.54) is 16.4 Å². The molecule has 0 saturated carbocycles. The van der Waals surface area contributed by atoms with Crippen LogP contribution in [0.25, 0.3) is 0 Å². The summed E-state index contributed by atoms with van der Waals surface area (Å²) >= 11 is 6.05. The average molecular weight is 410 g/mol. The molecule has 0 spiro atoms. The molecule has 2 rings (SSSR count). The van der Waals surface area contributed by atoms with Crippen LogP contribution < -0.4 is 10.6 Å². The Balaban J connectivity index is 1.96. The van der Waals surface area contributed by atoms with E-state index < -0.39 is 10.0 Å². The van der Waals surface area contributed by atoms with Gasteiger partial charge in [0, 0.05) is 29.5 Å². The second-order valence-corrected chi connectivity index (χ2v) is 8.32. The van der Waals surface area contributed by atoms with Crippen molar-refractivity contribution in [3.63, 3.8) is 0 Å².